The molecule has 0 bridgehead atoms. The Balaban J connectivity index is 1.95. The highest BCUT2D eigenvalue weighted by Gasteiger charge is 2.47. The summed E-state index contributed by atoms with van der Waals surface area (Å²) in [6.45, 7) is 9.79. The van der Waals surface area contributed by atoms with Crippen molar-refractivity contribution in [2.45, 2.75) is 50.3 Å². The first-order valence-corrected chi connectivity index (χ1v) is 9.35. The number of hydrogen-bond acceptors (Lipinski definition) is 2. The second kappa shape index (κ2) is 5.73. The van der Waals surface area contributed by atoms with Gasteiger partial charge in [0, 0.05) is 15.5 Å². The maximum absolute atomic E-state index is 2.46. The van der Waals surface area contributed by atoms with E-state index < -0.39 is 0 Å². The molecule has 0 aliphatic heterocycles. The first-order valence-electron chi connectivity index (χ1n) is 7.14. The molecular weight excluding hydrogens is 268 g/mol. The zero-order chi connectivity index (χ0) is 14.1. The lowest BCUT2D eigenvalue weighted by molar-refractivity contribution is 0.118. The van der Waals surface area contributed by atoms with Gasteiger partial charge in [-0.15, -0.1) is 23.5 Å². The van der Waals surface area contributed by atoms with Gasteiger partial charge in [-0.3, -0.25) is 0 Å². The van der Waals surface area contributed by atoms with E-state index in [0.717, 1.165) is 5.92 Å². The van der Waals surface area contributed by atoms with Crippen LogP contribution in [0.25, 0.3) is 0 Å². The third-order valence-corrected chi connectivity index (χ3v) is 7.31. The van der Waals surface area contributed by atoms with Crippen molar-refractivity contribution in [2.75, 3.05) is 12.0 Å². The summed E-state index contributed by atoms with van der Waals surface area (Å²) in [6, 6.07) is 9.00. The second-order valence-electron chi connectivity index (χ2n) is 6.83. The Morgan fingerprint density at radius 1 is 1.05 bits per heavy atom. The summed E-state index contributed by atoms with van der Waals surface area (Å²) in [5.41, 5.74) is 0.945. The molecular formula is C17H26S2. The zero-order valence-corrected chi connectivity index (χ0v) is 14.5. The van der Waals surface area contributed by atoms with Crippen LogP contribution in [0.4, 0.5) is 0 Å². The number of hydrogen-bond donors (Lipinski definition) is 0. The predicted molar refractivity (Wildman–Crippen MR) is 89.2 cm³/mol. The average Bonchev–Trinajstić information content (AvgIpc) is 2.58. The first-order chi connectivity index (χ1) is 8.87. The third kappa shape index (κ3) is 3.16. The van der Waals surface area contributed by atoms with Crippen LogP contribution in [-0.4, -0.2) is 12.0 Å². The van der Waals surface area contributed by atoms with Gasteiger partial charge in [0.25, 0.3) is 0 Å². The van der Waals surface area contributed by atoms with Gasteiger partial charge >= 0.3 is 0 Å². The highest BCUT2D eigenvalue weighted by atomic mass is 32.2. The van der Waals surface area contributed by atoms with E-state index >= 15 is 0 Å². The van der Waals surface area contributed by atoms with E-state index in [-0.39, 0.29) is 0 Å². The van der Waals surface area contributed by atoms with Crippen LogP contribution in [0.1, 0.15) is 40.5 Å². The highest BCUT2D eigenvalue weighted by Crippen LogP contribution is 2.56. The molecule has 0 heterocycles. The van der Waals surface area contributed by atoms with E-state index in [2.05, 4.69) is 58.2 Å². The fourth-order valence-corrected chi connectivity index (χ4v) is 4.64. The molecule has 0 aromatic heterocycles. The molecule has 19 heavy (non-hydrogen) atoms. The number of thioether (sulfide) groups is 2. The molecule has 2 heteroatoms. The van der Waals surface area contributed by atoms with Crippen molar-refractivity contribution in [2.24, 2.45) is 16.7 Å². The normalized spacial score (nSPS) is 24.6. The molecule has 0 N–H and O–H groups in total. The lowest BCUT2D eigenvalue weighted by atomic mass is 9.67. The Hall–Kier alpha value is -0.0800. The summed E-state index contributed by atoms with van der Waals surface area (Å²) in [7, 11) is 0. The molecule has 0 spiro atoms. The van der Waals surface area contributed by atoms with E-state index in [9.17, 15) is 0 Å². The van der Waals surface area contributed by atoms with Crippen molar-refractivity contribution >= 4 is 23.5 Å². The van der Waals surface area contributed by atoms with Gasteiger partial charge in [-0.2, -0.15) is 0 Å². The maximum atomic E-state index is 2.46. The SMILES string of the molecule is CSc1ccc(SC[C@H]2CCC(C)(C)C2(C)C)cc1. The van der Waals surface area contributed by atoms with E-state index in [4.69, 9.17) is 0 Å². The smallest absolute Gasteiger partial charge is 0.00728 e. The van der Waals surface area contributed by atoms with E-state index in [0.29, 0.717) is 10.8 Å². The van der Waals surface area contributed by atoms with Crippen molar-refractivity contribution < 1.29 is 0 Å². The Morgan fingerprint density at radius 2 is 1.63 bits per heavy atom. The van der Waals surface area contributed by atoms with Crippen LogP contribution < -0.4 is 0 Å². The van der Waals surface area contributed by atoms with Gasteiger partial charge in [-0.25, -0.2) is 0 Å². The van der Waals surface area contributed by atoms with Crippen molar-refractivity contribution in [3.63, 3.8) is 0 Å². The lowest BCUT2D eigenvalue weighted by Crippen LogP contribution is -2.32. The zero-order valence-electron chi connectivity index (χ0n) is 12.8. The van der Waals surface area contributed by atoms with Crippen LogP contribution in [0.3, 0.4) is 0 Å². The molecule has 1 aliphatic carbocycles. The standard InChI is InChI=1S/C17H26S2/c1-16(2)11-10-13(17(16,3)4)12-19-15-8-6-14(18-5)7-9-15/h6-9,13H,10-12H2,1-5H3/t13-/m1/s1. The average molecular weight is 295 g/mol. The molecule has 1 saturated carbocycles. The summed E-state index contributed by atoms with van der Waals surface area (Å²) >= 11 is 3.84. The second-order valence-corrected chi connectivity index (χ2v) is 8.80. The highest BCUT2D eigenvalue weighted by molar-refractivity contribution is 7.99. The molecule has 0 nitrogen and oxygen atoms in total. The van der Waals surface area contributed by atoms with E-state index in [1.54, 1.807) is 0 Å². The number of benzene rings is 1. The minimum absolute atomic E-state index is 0.458. The summed E-state index contributed by atoms with van der Waals surface area (Å²) in [5, 5.41) is 0. The molecule has 1 aromatic carbocycles. The van der Waals surface area contributed by atoms with Crippen LogP contribution in [0, 0.1) is 16.7 Å². The summed E-state index contributed by atoms with van der Waals surface area (Å²) in [6.07, 6.45) is 4.89. The Bertz CT molecular complexity index is 417. The van der Waals surface area contributed by atoms with Gasteiger partial charge in [0.05, 0.1) is 0 Å². The molecule has 0 saturated heterocycles. The quantitative estimate of drug-likeness (QED) is 0.628. The van der Waals surface area contributed by atoms with E-state index in [1.165, 1.54) is 28.4 Å². The maximum Gasteiger partial charge on any atom is 0.00728 e. The Morgan fingerprint density at radius 3 is 2.11 bits per heavy atom. The van der Waals surface area contributed by atoms with Crippen molar-refractivity contribution in [1.82, 2.24) is 0 Å². The Labute approximate surface area is 127 Å². The third-order valence-electron chi connectivity index (χ3n) is 5.39. The van der Waals surface area contributed by atoms with Gasteiger partial charge in [-0.1, -0.05) is 27.7 Å². The largest absolute Gasteiger partial charge is 0.130 e. The van der Waals surface area contributed by atoms with Crippen LogP contribution in [0.15, 0.2) is 34.1 Å². The minimum Gasteiger partial charge on any atom is -0.130 e. The van der Waals surface area contributed by atoms with Gasteiger partial charge < -0.3 is 0 Å². The first kappa shape index (κ1) is 15.3. The topological polar surface area (TPSA) is 0 Å². The fraction of sp³-hybridized carbons (Fsp3) is 0.647. The Kier molecular flexibility index (Phi) is 4.62. The van der Waals surface area contributed by atoms with Gasteiger partial charge in [0.1, 0.15) is 0 Å². The van der Waals surface area contributed by atoms with E-state index in [1.807, 2.05) is 23.5 Å². The summed E-state index contributed by atoms with van der Waals surface area (Å²) in [5.74, 6) is 2.10. The summed E-state index contributed by atoms with van der Waals surface area (Å²) < 4.78 is 0. The molecule has 0 radical (unpaired) electrons. The monoisotopic (exact) mass is 294 g/mol. The molecule has 1 atom stereocenters. The molecule has 0 amide bonds. The minimum atomic E-state index is 0.458. The molecule has 1 aromatic rings. The van der Waals surface area contributed by atoms with Crippen LogP contribution in [0.2, 0.25) is 0 Å². The van der Waals surface area contributed by atoms with Crippen molar-refractivity contribution in [3.05, 3.63) is 24.3 Å². The lowest BCUT2D eigenvalue weighted by Gasteiger charge is -2.39. The summed E-state index contributed by atoms with van der Waals surface area (Å²) in [4.78, 5) is 2.77. The molecule has 2 rings (SSSR count). The van der Waals surface area contributed by atoms with Crippen LogP contribution in [-0.2, 0) is 0 Å². The van der Waals surface area contributed by atoms with Gasteiger partial charge in [0.2, 0.25) is 0 Å². The van der Waals surface area contributed by atoms with Crippen LogP contribution >= 0.6 is 23.5 Å². The van der Waals surface area contributed by atoms with Crippen molar-refractivity contribution in [1.29, 1.82) is 0 Å². The van der Waals surface area contributed by atoms with Crippen molar-refractivity contribution in [3.8, 4) is 0 Å². The molecule has 106 valence electrons. The van der Waals surface area contributed by atoms with Gasteiger partial charge in [-0.05, 0) is 60.1 Å². The molecule has 1 fully saturated rings. The van der Waals surface area contributed by atoms with Crippen LogP contribution in [0.5, 0.6) is 0 Å². The number of rotatable bonds is 4. The molecule has 1 aliphatic rings. The predicted octanol–water partition coefficient (Wildman–Crippen LogP) is 5.96. The fourth-order valence-electron chi connectivity index (χ4n) is 2.93. The molecule has 0 unspecified atom stereocenters. The van der Waals surface area contributed by atoms with Gasteiger partial charge in [0.15, 0.2) is 0 Å².